The van der Waals surface area contributed by atoms with Gasteiger partial charge < -0.3 is 0 Å². The highest BCUT2D eigenvalue weighted by atomic mass is 19.1. The summed E-state index contributed by atoms with van der Waals surface area (Å²) in [6.45, 7) is 3.72. The third kappa shape index (κ3) is 4.40. The van der Waals surface area contributed by atoms with Gasteiger partial charge in [0.1, 0.15) is 5.82 Å². The van der Waals surface area contributed by atoms with Crippen LogP contribution < -0.4 is 0 Å². The van der Waals surface area contributed by atoms with Gasteiger partial charge in [0.25, 0.3) is 0 Å². The van der Waals surface area contributed by atoms with Crippen LogP contribution in [0.4, 0.5) is 4.39 Å². The van der Waals surface area contributed by atoms with Gasteiger partial charge in [-0.05, 0) is 61.2 Å². The fourth-order valence-corrected chi connectivity index (χ4v) is 1.88. The molecule has 0 fully saturated rings. The minimum atomic E-state index is -0.237. The van der Waals surface area contributed by atoms with Crippen LogP contribution >= 0.6 is 0 Å². The average Bonchev–Trinajstić information content (AvgIpc) is 2.48. The fourth-order valence-electron chi connectivity index (χ4n) is 1.88. The number of hydrogen-bond donors (Lipinski definition) is 0. The topological polar surface area (TPSA) is 0 Å². The first kappa shape index (κ1) is 14.1. The maximum Gasteiger partial charge on any atom is 0.123 e. The summed E-state index contributed by atoms with van der Waals surface area (Å²) in [6.07, 6.45) is 5.19. The molecular weight excluding hydrogens is 247 g/mol. The van der Waals surface area contributed by atoms with Crippen molar-refractivity contribution in [3.05, 3.63) is 83.7 Å². The molecule has 2 aromatic carbocycles. The number of rotatable bonds is 4. The molecule has 0 saturated carbocycles. The van der Waals surface area contributed by atoms with Crippen molar-refractivity contribution in [2.75, 3.05) is 0 Å². The van der Waals surface area contributed by atoms with Crippen molar-refractivity contribution in [1.29, 1.82) is 0 Å². The van der Waals surface area contributed by atoms with E-state index in [1.807, 2.05) is 18.2 Å². The lowest BCUT2D eigenvalue weighted by Crippen LogP contribution is -1.85. The van der Waals surface area contributed by atoms with E-state index in [0.29, 0.717) is 0 Å². The van der Waals surface area contributed by atoms with Crippen LogP contribution in [0.15, 0.2) is 61.2 Å². The SMILES string of the molecule is C=CCCCc1ccc(C#Cc2ccc(F)cc2)cc1. The average molecular weight is 264 g/mol. The quantitative estimate of drug-likeness (QED) is 0.425. The molecule has 0 amide bonds. The third-order valence-electron chi connectivity index (χ3n) is 3.02. The first-order chi connectivity index (χ1) is 9.78. The number of halogens is 1. The van der Waals surface area contributed by atoms with E-state index < -0.39 is 0 Å². The predicted octanol–water partition coefficient (Wildman–Crippen LogP) is 4.73. The van der Waals surface area contributed by atoms with Crippen LogP contribution in [0.5, 0.6) is 0 Å². The Morgan fingerprint density at radius 1 is 0.900 bits per heavy atom. The Morgan fingerprint density at radius 3 is 2.00 bits per heavy atom. The number of benzene rings is 2. The van der Waals surface area contributed by atoms with E-state index in [9.17, 15) is 4.39 Å². The molecule has 0 aliphatic rings. The maximum absolute atomic E-state index is 12.8. The van der Waals surface area contributed by atoms with Gasteiger partial charge in [-0.15, -0.1) is 6.58 Å². The van der Waals surface area contributed by atoms with Crippen molar-refractivity contribution in [2.45, 2.75) is 19.3 Å². The van der Waals surface area contributed by atoms with Crippen LogP contribution in [0.3, 0.4) is 0 Å². The zero-order valence-corrected chi connectivity index (χ0v) is 11.4. The molecule has 0 saturated heterocycles. The van der Waals surface area contributed by atoms with Gasteiger partial charge in [0.05, 0.1) is 0 Å². The molecule has 0 heterocycles. The minimum Gasteiger partial charge on any atom is -0.207 e. The largest absolute Gasteiger partial charge is 0.207 e. The highest BCUT2D eigenvalue weighted by molar-refractivity contribution is 5.43. The van der Waals surface area contributed by atoms with Crippen LogP contribution in [0.2, 0.25) is 0 Å². The van der Waals surface area contributed by atoms with Gasteiger partial charge in [0.2, 0.25) is 0 Å². The molecule has 1 heteroatoms. The van der Waals surface area contributed by atoms with Crippen molar-refractivity contribution in [3.8, 4) is 11.8 Å². The van der Waals surface area contributed by atoms with Gasteiger partial charge in [-0.2, -0.15) is 0 Å². The van der Waals surface area contributed by atoms with E-state index in [0.717, 1.165) is 30.4 Å². The summed E-state index contributed by atoms with van der Waals surface area (Å²) in [5.74, 6) is 5.88. The van der Waals surface area contributed by atoms with Gasteiger partial charge in [-0.3, -0.25) is 0 Å². The first-order valence-electron chi connectivity index (χ1n) is 6.75. The second-order valence-corrected chi connectivity index (χ2v) is 4.63. The van der Waals surface area contributed by atoms with Crippen molar-refractivity contribution in [2.24, 2.45) is 0 Å². The third-order valence-corrected chi connectivity index (χ3v) is 3.02. The molecule has 20 heavy (non-hydrogen) atoms. The summed E-state index contributed by atoms with van der Waals surface area (Å²) >= 11 is 0. The van der Waals surface area contributed by atoms with Crippen LogP contribution in [0.25, 0.3) is 0 Å². The Kier molecular flexibility index (Phi) is 5.15. The molecule has 0 spiro atoms. The second kappa shape index (κ2) is 7.31. The Hall–Kier alpha value is -2.33. The van der Waals surface area contributed by atoms with Gasteiger partial charge in [0.15, 0.2) is 0 Å². The Labute approximate surface area is 120 Å². The molecule has 0 aliphatic heterocycles. The lowest BCUT2D eigenvalue weighted by atomic mass is 10.1. The van der Waals surface area contributed by atoms with Crippen molar-refractivity contribution in [3.63, 3.8) is 0 Å². The highest BCUT2D eigenvalue weighted by Gasteiger charge is 1.93. The minimum absolute atomic E-state index is 0.237. The smallest absolute Gasteiger partial charge is 0.123 e. The molecule has 0 aliphatic carbocycles. The monoisotopic (exact) mass is 264 g/mol. The summed E-state index contributed by atoms with van der Waals surface area (Å²) in [5, 5.41) is 0. The van der Waals surface area contributed by atoms with Crippen LogP contribution in [-0.4, -0.2) is 0 Å². The molecule has 0 unspecified atom stereocenters. The lowest BCUT2D eigenvalue weighted by Gasteiger charge is -1.99. The molecule has 0 radical (unpaired) electrons. The summed E-state index contributed by atoms with van der Waals surface area (Å²) in [4.78, 5) is 0. The van der Waals surface area contributed by atoms with E-state index in [1.54, 1.807) is 12.1 Å². The number of allylic oxidation sites excluding steroid dienone is 1. The molecule has 0 atom stereocenters. The molecule has 0 N–H and O–H groups in total. The van der Waals surface area contributed by atoms with E-state index in [4.69, 9.17) is 0 Å². The Balaban J connectivity index is 2.00. The van der Waals surface area contributed by atoms with E-state index >= 15 is 0 Å². The highest BCUT2D eigenvalue weighted by Crippen LogP contribution is 2.08. The maximum atomic E-state index is 12.8. The molecule has 2 rings (SSSR count). The number of hydrogen-bond acceptors (Lipinski definition) is 0. The second-order valence-electron chi connectivity index (χ2n) is 4.63. The molecule has 0 bridgehead atoms. The zero-order chi connectivity index (χ0) is 14.2. The summed E-state index contributed by atoms with van der Waals surface area (Å²) in [5.41, 5.74) is 3.11. The van der Waals surface area contributed by atoms with E-state index in [1.165, 1.54) is 17.7 Å². The van der Waals surface area contributed by atoms with Crippen LogP contribution in [-0.2, 0) is 6.42 Å². The summed E-state index contributed by atoms with van der Waals surface area (Å²) in [6, 6.07) is 14.5. The van der Waals surface area contributed by atoms with Gasteiger partial charge in [-0.1, -0.05) is 30.0 Å². The Morgan fingerprint density at radius 2 is 1.45 bits per heavy atom. The van der Waals surface area contributed by atoms with Crippen LogP contribution in [0.1, 0.15) is 29.5 Å². The zero-order valence-electron chi connectivity index (χ0n) is 11.4. The molecule has 100 valence electrons. The predicted molar refractivity (Wildman–Crippen MR) is 82.0 cm³/mol. The fraction of sp³-hybridized carbons (Fsp3) is 0.158. The number of aryl methyl sites for hydroxylation is 1. The lowest BCUT2D eigenvalue weighted by molar-refractivity contribution is 0.627. The van der Waals surface area contributed by atoms with E-state index in [-0.39, 0.29) is 5.82 Å². The molecular formula is C19H17F. The summed E-state index contributed by atoms with van der Waals surface area (Å²) in [7, 11) is 0. The van der Waals surface area contributed by atoms with Gasteiger partial charge >= 0.3 is 0 Å². The van der Waals surface area contributed by atoms with Crippen molar-refractivity contribution in [1.82, 2.24) is 0 Å². The normalized spacial score (nSPS) is 9.65. The van der Waals surface area contributed by atoms with Crippen molar-refractivity contribution >= 4 is 0 Å². The standard InChI is InChI=1S/C19H17F/c1-2-3-4-5-16-6-8-17(9-7-16)10-11-18-12-14-19(20)15-13-18/h2,6-9,12-15H,1,3-5H2. The molecule has 0 nitrogen and oxygen atoms in total. The van der Waals surface area contributed by atoms with Crippen LogP contribution in [0, 0.1) is 17.7 Å². The van der Waals surface area contributed by atoms with Gasteiger partial charge in [-0.25, -0.2) is 4.39 Å². The molecule has 2 aromatic rings. The summed E-state index contributed by atoms with van der Waals surface area (Å²) < 4.78 is 12.8. The Bertz CT molecular complexity index is 610. The first-order valence-corrected chi connectivity index (χ1v) is 6.75. The van der Waals surface area contributed by atoms with Crippen molar-refractivity contribution < 1.29 is 4.39 Å². The molecule has 0 aromatic heterocycles. The number of unbranched alkanes of at least 4 members (excludes halogenated alkanes) is 1. The van der Waals surface area contributed by atoms with Gasteiger partial charge in [0, 0.05) is 11.1 Å². The van der Waals surface area contributed by atoms with E-state index in [2.05, 4.69) is 30.6 Å².